The molecular weight excluding hydrogens is 190 g/mol. The molecule has 0 fully saturated rings. The summed E-state index contributed by atoms with van der Waals surface area (Å²) in [5.74, 6) is 0.775. The number of hydrogen-bond donors (Lipinski definition) is 0. The number of halogens is 1. The fraction of sp³-hybridized carbons (Fsp3) is 0.250. The van der Waals surface area contributed by atoms with Crippen molar-refractivity contribution in [3.63, 3.8) is 0 Å². The third kappa shape index (κ3) is 1.23. The van der Waals surface area contributed by atoms with Crippen LogP contribution in [0.15, 0.2) is 6.20 Å². The number of fused-ring (bicyclic) bond motifs is 1. The maximum Gasteiger partial charge on any atom is 0.168 e. The lowest BCUT2D eigenvalue weighted by Crippen LogP contribution is -2.18. The van der Waals surface area contributed by atoms with Crippen molar-refractivity contribution in [2.24, 2.45) is 0 Å². The molecule has 0 bridgehead atoms. The third-order valence-electron chi connectivity index (χ3n) is 1.99. The van der Waals surface area contributed by atoms with Crippen LogP contribution in [0.25, 0.3) is 6.08 Å². The summed E-state index contributed by atoms with van der Waals surface area (Å²) in [5.41, 5.74) is 1.33. The van der Waals surface area contributed by atoms with Gasteiger partial charge in [0.2, 0.25) is 0 Å². The van der Waals surface area contributed by atoms with Gasteiger partial charge in [0, 0.05) is 18.0 Å². The molecule has 0 unspecified atom stereocenters. The molecule has 2 heterocycles. The minimum absolute atomic E-state index is 0.461. The molecule has 5 heteroatoms. The Morgan fingerprint density at radius 2 is 2.46 bits per heavy atom. The second-order valence-corrected chi connectivity index (χ2v) is 3.28. The highest BCUT2D eigenvalue weighted by atomic mass is 35.5. The van der Waals surface area contributed by atoms with Crippen molar-refractivity contribution in [1.29, 1.82) is 0 Å². The molecule has 0 aromatic carbocycles. The van der Waals surface area contributed by atoms with Crippen LogP contribution in [-0.4, -0.2) is 20.3 Å². The summed E-state index contributed by atoms with van der Waals surface area (Å²) in [5, 5.41) is 0. The van der Waals surface area contributed by atoms with E-state index in [9.17, 15) is 4.79 Å². The van der Waals surface area contributed by atoms with Crippen molar-refractivity contribution < 1.29 is 4.79 Å². The van der Waals surface area contributed by atoms with E-state index in [4.69, 9.17) is 11.8 Å². The van der Waals surface area contributed by atoms with E-state index < -0.39 is 0 Å². The van der Waals surface area contributed by atoms with Crippen LogP contribution in [0.2, 0.25) is 0 Å². The molecule has 0 amide bonds. The minimum Gasteiger partial charge on any atom is -0.302 e. The largest absolute Gasteiger partial charge is 0.302 e. The zero-order valence-electron chi connectivity index (χ0n) is 7.07. The monoisotopic (exact) mass is 197 g/mol. The normalized spacial score (nSPS) is 14.5. The summed E-state index contributed by atoms with van der Waals surface area (Å²) >= 11 is 5.76. The molecule has 1 aliphatic heterocycles. The second-order valence-electron chi connectivity index (χ2n) is 2.84. The maximum absolute atomic E-state index is 10.7. The highest BCUT2D eigenvalue weighted by Crippen LogP contribution is 2.17. The quantitative estimate of drug-likeness (QED) is 0.505. The Bertz CT molecular complexity index is 383. The Morgan fingerprint density at radius 1 is 1.69 bits per heavy atom. The average molecular weight is 198 g/mol. The molecule has 2 rings (SSSR count). The van der Waals surface area contributed by atoms with E-state index in [-0.39, 0.29) is 0 Å². The first-order valence-electron chi connectivity index (χ1n) is 3.85. The van der Waals surface area contributed by atoms with E-state index in [1.54, 1.807) is 16.8 Å². The molecule has 1 aliphatic rings. The van der Waals surface area contributed by atoms with Gasteiger partial charge in [-0.2, -0.15) is 0 Å². The predicted molar refractivity (Wildman–Crippen MR) is 49.1 cm³/mol. The fourth-order valence-electron chi connectivity index (χ4n) is 1.36. The van der Waals surface area contributed by atoms with Crippen LogP contribution in [0.1, 0.15) is 22.0 Å². The van der Waals surface area contributed by atoms with Gasteiger partial charge in [-0.3, -0.25) is 9.21 Å². The molecule has 0 saturated heterocycles. The molecule has 0 aliphatic carbocycles. The Balaban J connectivity index is 2.56. The Kier molecular flexibility index (Phi) is 1.84. The van der Waals surface area contributed by atoms with Crippen molar-refractivity contribution in [3.05, 3.63) is 23.4 Å². The molecule has 0 saturated carbocycles. The van der Waals surface area contributed by atoms with Crippen LogP contribution in [0.3, 0.4) is 0 Å². The second kappa shape index (κ2) is 2.88. The topological polar surface area (TPSA) is 38.1 Å². The number of aromatic nitrogens is 2. The Hall–Kier alpha value is -1.29. The molecule has 1 aromatic heterocycles. The van der Waals surface area contributed by atoms with E-state index >= 15 is 0 Å². The van der Waals surface area contributed by atoms with Gasteiger partial charge in [-0.05, 0) is 13.0 Å². The Morgan fingerprint density at radius 3 is 3.15 bits per heavy atom. The van der Waals surface area contributed by atoms with Crippen LogP contribution in [0.5, 0.6) is 0 Å². The molecule has 0 N–H and O–H groups in total. The summed E-state index contributed by atoms with van der Waals surface area (Å²) in [6, 6.07) is 0. The van der Waals surface area contributed by atoms with E-state index in [0.717, 1.165) is 17.8 Å². The summed E-state index contributed by atoms with van der Waals surface area (Å²) in [6.45, 7) is 2.27. The number of carbonyl (C=O) groups is 1. The van der Waals surface area contributed by atoms with Gasteiger partial charge in [0.15, 0.2) is 6.29 Å². The van der Waals surface area contributed by atoms with Gasteiger partial charge in [0.1, 0.15) is 18.2 Å². The van der Waals surface area contributed by atoms with Gasteiger partial charge >= 0.3 is 0 Å². The summed E-state index contributed by atoms with van der Waals surface area (Å²) < 4.78 is 3.25. The first kappa shape index (κ1) is 8.31. The lowest BCUT2D eigenvalue weighted by molar-refractivity contribution is 0.111. The van der Waals surface area contributed by atoms with Gasteiger partial charge in [-0.15, -0.1) is 0 Å². The average Bonchev–Trinajstić information content (AvgIpc) is 2.40. The number of nitrogens with zero attached hydrogens (tertiary/aromatic N) is 3. The van der Waals surface area contributed by atoms with Gasteiger partial charge in [-0.25, -0.2) is 4.98 Å². The van der Waals surface area contributed by atoms with Crippen LogP contribution in [-0.2, 0) is 6.67 Å². The summed E-state index contributed by atoms with van der Waals surface area (Å²) in [4.78, 5) is 14.9. The molecule has 0 atom stereocenters. The van der Waals surface area contributed by atoms with Crippen molar-refractivity contribution >= 4 is 24.1 Å². The lowest BCUT2D eigenvalue weighted by atomic mass is 10.4. The Labute approximate surface area is 80.5 Å². The van der Waals surface area contributed by atoms with Gasteiger partial charge in [-0.1, -0.05) is 0 Å². The van der Waals surface area contributed by atoms with Crippen LogP contribution >= 0.6 is 11.8 Å². The molecule has 68 valence electrons. The zero-order valence-corrected chi connectivity index (χ0v) is 7.82. The van der Waals surface area contributed by atoms with Crippen LogP contribution < -0.4 is 0 Å². The molecule has 1 aromatic rings. The number of rotatable bonds is 1. The molecule has 0 spiro atoms. The van der Waals surface area contributed by atoms with Gasteiger partial charge in [0.25, 0.3) is 0 Å². The number of aryl methyl sites for hydroxylation is 1. The fourth-order valence-corrected chi connectivity index (χ4v) is 1.53. The van der Waals surface area contributed by atoms with Gasteiger partial charge in [0.05, 0.1) is 5.69 Å². The van der Waals surface area contributed by atoms with Crippen LogP contribution in [0, 0.1) is 6.92 Å². The van der Waals surface area contributed by atoms with Crippen molar-refractivity contribution in [2.45, 2.75) is 13.6 Å². The first-order valence-corrected chi connectivity index (χ1v) is 4.19. The van der Waals surface area contributed by atoms with Crippen molar-refractivity contribution in [3.8, 4) is 0 Å². The summed E-state index contributed by atoms with van der Waals surface area (Å²) in [7, 11) is 0. The van der Waals surface area contributed by atoms with Crippen molar-refractivity contribution in [1.82, 2.24) is 14.0 Å². The molecule has 13 heavy (non-hydrogen) atoms. The van der Waals surface area contributed by atoms with Crippen LogP contribution in [0.4, 0.5) is 0 Å². The number of carbonyl (C=O) groups excluding carboxylic acids is 1. The molecule has 0 radical (unpaired) electrons. The van der Waals surface area contributed by atoms with E-state index in [2.05, 4.69) is 4.98 Å². The smallest absolute Gasteiger partial charge is 0.168 e. The number of imidazole rings is 1. The molecule has 4 nitrogen and oxygen atoms in total. The van der Waals surface area contributed by atoms with Gasteiger partial charge < -0.3 is 4.57 Å². The number of aldehydes is 1. The lowest BCUT2D eigenvalue weighted by Gasteiger charge is -2.17. The van der Waals surface area contributed by atoms with E-state index in [1.807, 2.05) is 6.92 Å². The zero-order chi connectivity index (χ0) is 9.42. The van der Waals surface area contributed by atoms with Crippen molar-refractivity contribution in [2.75, 3.05) is 0 Å². The standard InChI is InChI=1S/C8H8ClN3O/c1-6-7(4-13)12-5-11(9)3-2-8(12)10-6/h2-4H,5H2,1H3. The SMILES string of the molecule is Cc1nc2n(c1C=O)CN(Cl)C=C2. The molecular formula is C8H8ClN3O. The first-order chi connectivity index (χ1) is 6.22. The van der Waals surface area contributed by atoms with E-state index in [1.165, 1.54) is 4.42 Å². The minimum atomic E-state index is 0.461. The number of hydrogen-bond acceptors (Lipinski definition) is 3. The van der Waals surface area contributed by atoms with E-state index in [0.29, 0.717) is 12.4 Å². The predicted octanol–water partition coefficient (Wildman–Crippen LogP) is 1.40. The summed E-state index contributed by atoms with van der Waals surface area (Å²) in [6.07, 6.45) is 4.30. The third-order valence-corrected chi connectivity index (χ3v) is 2.21. The highest BCUT2D eigenvalue weighted by Gasteiger charge is 2.15. The highest BCUT2D eigenvalue weighted by molar-refractivity contribution is 6.14. The maximum atomic E-state index is 10.7.